The van der Waals surface area contributed by atoms with Crippen LogP contribution >= 0.6 is 0 Å². The monoisotopic (exact) mass is 405 g/mol. The van der Waals surface area contributed by atoms with E-state index in [9.17, 15) is 24.0 Å². The highest BCUT2D eigenvalue weighted by Gasteiger charge is 2.51. The molecule has 0 radical (unpaired) electrons. The highest BCUT2D eigenvalue weighted by atomic mass is 16.7. The molecule has 1 aliphatic rings. The smallest absolute Gasteiger partial charge is 0.329 e. The van der Waals surface area contributed by atoms with Gasteiger partial charge >= 0.3 is 23.9 Å². The zero-order valence-electron chi connectivity index (χ0n) is 15.6. The third-order valence-corrected chi connectivity index (χ3v) is 3.63. The summed E-state index contributed by atoms with van der Waals surface area (Å²) in [5.41, 5.74) is 5.23. The normalized spacial score (nSPS) is 26.8. The van der Waals surface area contributed by atoms with Crippen LogP contribution in [0.3, 0.4) is 0 Å². The van der Waals surface area contributed by atoms with Gasteiger partial charge in [0.05, 0.1) is 5.92 Å². The van der Waals surface area contributed by atoms with Crippen LogP contribution in [0.5, 0.6) is 0 Å². The summed E-state index contributed by atoms with van der Waals surface area (Å²) in [5.74, 6) is -5.36. The van der Waals surface area contributed by atoms with E-state index in [2.05, 4.69) is 0 Å². The number of carboxylic acids is 1. The van der Waals surface area contributed by atoms with Gasteiger partial charge in [0.2, 0.25) is 5.91 Å². The van der Waals surface area contributed by atoms with Crippen LogP contribution in [0.2, 0.25) is 0 Å². The molecular weight excluding hydrogens is 382 g/mol. The lowest BCUT2D eigenvalue weighted by molar-refractivity contribution is -0.291. The van der Waals surface area contributed by atoms with E-state index < -0.39 is 79.9 Å². The molecule has 0 aromatic carbocycles. The fourth-order valence-electron chi connectivity index (χ4n) is 2.74. The third-order valence-electron chi connectivity index (χ3n) is 3.63. The molecule has 28 heavy (non-hydrogen) atoms. The van der Waals surface area contributed by atoms with Crippen molar-refractivity contribution in [3.05, 3.63) is 0 Å². The van der Waals surface area contributed by atoms with Gasteiger partial charge in [0.25, 0.3) is 0 Å². The van der Waals surface area contributed by atoms with E-state index >= 15 is 0 Å². The lowest BCUT2D eigenvalue weighted by Gasteiger charge is -2.44. The molecule has 3 N–H and O–H groups in total. The Bertz CT molecular complexity index is 576. The molecule has 0 aromatic heterocycles. The van der Waals surface area contributed by atoms with Crippen LogP contribution < -0.4 is 5.73 Å². The van der Waals surface area contributed by atoms with E-state index in [1.165, 1.54) is 0 Å². The average Bonchev–Trinajstić information content (AvgIpc) is 2.54. The molecule has 5 atom stereocenters. The van der Waals surface area contributed by atoms with E-state index in [0.717, 1.165) is 20.8 Å². The van der Waals surface area contributed by atoms with Gasteiger partial charge in [-0.15, -0.1) is 0 Å². The summed E-state index contributed by atoms with van der Waals surface area (Å²) >= 11 is 0. The van der Waals surface area contributed by atoms with Crippen LogP contribution in [0.4, 0.5) is 0 Å². The van der Waals surface area contributed by atoms with Crippen molar-refractivity contribution in [2.75, 3.05) is 13.2 Å². The van der Waals surface area contributed by atoms with Gasteiger partial charge < -0.3 is 34.5 Å². The number of hydrogen-bond donors (Lipinski definition) is 2. The second-order valence-corrected chi connectivity index (χ2v) is 6.03. The average molecular weight is 405 g/mol. The lowest BCUT2D eigenvalue weighted by Crippen LogP contribution is -2.60. The molecule has 0 unspecified atom stereocenters. The Morgan fingerprint density at radius 3 is 2.00 bits per heavy atom. The topological polar surface area (TPSA) is 178 Å². The van der Waals surface area contributed by atoms with Crippen molar-refractivity contribution in [1.29, 1.82) is 0 Å². The van der Waals surface area contributed by atoms with Crippen molar-refractivity contribution in [2.24, 2.45) is 11.7 Å². The molecule has 0 saturated carbocycles. The number of ether oxygens (including phenoxy) is 5. The maximum Gasteiger partial charge on any atom is 0.329 e. The fraction of sp³-hybridized carbons (Fsp3) is 0.688. The van der Waals surface area contributed by atoms with Crippen molar-refractivity contribution < 1.29 is 52.8 Å². The number of carboxylic acid groups (broad SMARTS) is 1. The molecule has 1 heterocycles. The number of aliphatic carboxylic acids is 1. The Kier molecular flexibility index (Phi) is 8.79. The van der Waals surface area contributed by atoms with E-state index in [-0.39, 0.29) is 0 Å². The van der Waals surface area contributed by atoms with Gasteiger partial charge in [-0.05, 0) is 0 Å². The van der Waals surface area contributed by atoms with E-state index in [1.807, 2.05) is 0 Å². The number of primary amides is 1. The second kappa shape index (κ2) is 10.6. The van der Waals surface area contributed by atoms with Crippen molar-refractivity contribution >= 4 is 29.8 Å². The van der Waals surface area contributed by atoms with Gasteiger partial charge in [-0.1, -0.05) is 0 Å². The molecule has 1 saturated heterocycles. The van der Waals surface area contributed by atoms with Crippen molar-refractivity contribution in [2.45, 2.75) is 51.8 Å². The van der Waals surface area contributed by atoms with Crippen LogP contribution in [-0.2, 0) is 47.7 Å². The maximum absolute atomic E-state index is 11.6. The number of amides is 1. The minimum absolute atomic E-state index is 0.402. The molecule has 1 aliphatic heterocycles. The predicted molar refractivity (Wildman–Crippen MR) is 87.3 cm³/mol. The summed E-state index contributed by atoms with van der Waals surface area (Å²) in [6, 6.07) is 0. The van der Waals surface area contributed by atoms with Crippen molar-refractivity contribution in [3.8, 4) is 0 Å². The van der Waals surface area contributed by atoms with Crippen molar-refractivity contribution in [1.82, 2.24) is 0 Å². The predicted octanol–water partition coefficient (Wildman–Crippen LogP) is -1.27. The molecule has 1 amide bonds. The maximum atomic E-state index is 11.6. The van der Waals surface area contributed by atoms with Crippen LogP contribution in [-0.4, -0.2) is 72.7 Å². The minimum Gasteiger partial charge on any atom is -0.480 e. The summed E-state index contributed by atoms with van der Waals surface area (Å²) in [6.07, 6.45) is -5.45. The second-order valence-electron chi connectivity index (χ2n) is 6.03. The first-order valence-corrected chi connectivity index (χ1v) is 8.26. The zero-order valence-corrected chi connectivity index (χ0v) is 15.6. The summed E-state index contributed by atoms with van der Waals surface area (Å²) in [6.45, 7) is 2.15. The quantitative estimate of drug-likeness (QED) is 0.345. The van der Waals surface area contributed by atoms with E-state index in [4.69, 9.17) is 34.5 Å². The molecule has 158 valence electrons. The molecule has 0 spiro atoms. The summed E-state index contributed by atoms with van der Waals surface area (Å²) in [4.78, 5) is 56.6. The van der Waals surface area contributed by atoms with Crippen LogP contribution in [0, 0.1) is 5.92 Å². The van der Waals surface area contributed by atoms with Gasteiger partial charge in [0.1, 0.15) is 25.4 Å². The molecule has 1 fully saturated rings. The first-order chi connectivity index (χ1) is 13.0. The number of carbonyl (C=O) groups excluding carboxylic acids is 4. The van der Waals surface area contributed by atoms with E-state index in [0.29, 0.717) is 0 Å². The van der Waals surface area contributed by atoms with Gasteiger partial charge in [0.15, 0.2) is 12.4 Å². The Morgan fingerprint density at radius 1 is 0.964 bits per heavy atom. The SMILES string of the molecule is CC(=O)OC[C@H]1O[C@@H](OCC(=O)O)[C@H](CC(N)=O)[C@@H](OC(C)=O)[C@H]1OC(C)=O. The molecule has 12 heteroatoms. The van der Waals surface area contributed by atoms with Crippen molar-refractivity contribution in [3.63, 3.8) is 0 Å². The zero-order chi connectivity index (χ0) is 21.4. The van der Waals surface area contributed by atoms with E-state index in [1.54, 1.807) is 0 Å². The highest BCUT2D eigenvalue weighted by molar-refractivity contribution is 5.74. The Hall–Kier alpha value is -2.73. The third kappa shape index (κ3) is 7.48. The molecule has 0 aliphatic carbocycles. The van der Waals surface area contributed by atoms with Gasteiger partial charge in [-0.2, -0.15) is 0 Å². The number of nitrogens with two attached hydrogens (primary N) is 1. The molecule has 12 nitrogen and oxygen atoms in total. The van der Waals surface area contributed by atoms with Crippen LogP contribution in [0.25, 0.3) is 0 Å². The molecule has 0 bridgehead atoms. The van der Waals surface area contributed by atoms with Gasteiger partial charge in [0, 0.05) is 27.2 Å². The molecular formula is C16H23NO11. The van der Waals surface area contributed by atoms with Gasteiger partial charge in [-0.3, -0.25) is 19.2 Å². The first kappa shape index (κ1) is 23.3. The lowest BCUT2D eigenvalue weighted by atomic mass is 9.87. The largest absolute Gasteiger partial charge is 0.480 e. The Balaban J connectivity index is 3.26. The number of esters is 3. The molecule has 0 aromatic rings. The molecule has 1 rings (SSSR count). The minimum atomic E-state index is -1.36. The summed E-state index contributed by atoms with van der Waals surface area (Å²) in [5, 5.41) is 8.84. The Labute approximate surface area is 160 Å². The standard InChI is InChI=1S/C16H23NO11/c1-7(18)24-5-11-15(27-9(3)20)14(26-8(2)19)10(4-12(17)21)16(28-11)25-6-13(22)23/h10-11,14-16H,4-6H2,1-3H3,(H2,17,21)(H,22,23)/t10-,11-,14-,15+,16-/m1/s1. The number of carbonyl (C=O) groups is 5. The Morgan fingerprint density at radius 2 is 1.54 bits per heavy atom. The number of hydrogen-bond acceptors (Lipinski definition) is 10. The highest BCUT2D eigenvalue weighted by Crippen LogP contribution is 2.34. The number of rotatable bonds is 9. The van der Waals surface area contributed by atoms with Crippen LogP contribution in [0.1, 0.15) is 27.2 Å². The van der Waals surface area contributed by atoms with Gasteiger partial charge in [-0.25, -0.2) is 4.79 Å². The summed E-state index contributed by atoms with van der Waals surface area (Å²) < 4.78 is 26.0. The fourth-order valence-corrected chi connectivity index (χ4v) is 2.74. The summed E-state index contributed by atoms with van der Waals surface area (Å²) in [7, 11) is 0. The van der Waals surface area contributed by atoms with Crippen LogP contribution in [0.15, 0.2) is 0 Å². The first-order valence-electron chi connectivity index (χ1n) is 8.26.